The number of fused-ring (bicyclic) bond motifs is 1. The predicted molar refractivity (Wildman–Crippen MR) is 103 cm³/mol. The number of amides is 1. The summed E-state index contributed by atoms with van der Waals surface area (Å²) in [6.45, 7) is 2.76. The average Bonchev–Trinajstić information content (AvgIpc) is 3.22. The maximum absolute atomic E-state index is 13.3. The quantitative estimate of drug-likeness (QED) is 0.742. The number of nitrogens with zero attached hydrogens (tertiary/aromatic N) is 3. The van der Waals surface area contributed by atoms with Gasteiger partial charge in [0.1, 0.15) is 5.82 Å². The summed E-state index contributed by atoms with van der Waals surface area (Å²) in [6.07, 6.45) is 3.62. The lowest BCUT2D eigenvalue weighted by atomic mass is 10.1. The number of nitrogens with one attached hydrogen (secondary N) is 2. The number of carbonyl (C=O) groups excluding carboxylic acids is 1. The summed E-state index contributed by atoms with van der Waals surface area (Å²) in [5.41, 5.74) is 2.49. The lowest BCUT2D eigenvalue weighted by molar-refractivity contribution is 0.0963. The van der Waals surface area contributed by atoms with E-state index < -0.39 is 0 Å². The van der Waals surface area contributed by atoms with Gasteiger partial charge in [-0.1, -0.05) is 0 Å². The highest BCUT2D eigenvalue weighted by Crippen LogP contribution is 2.24. The van der Waals surface area contributed by atoms with Crippen LogP contribution in [0.3, 0.4) is 0 Å². The molecule has 3 heterocycles. The summed E-state index contributed by atoms with van der Waals surface area (Å²) < 4.78 is 1.65. The van der Waals surface area contributed by atoms with Crippen LogP contribution in [0.5, 0.6) is 0 Å². The molecule has 2 aromatic heterocycles. The number of benzene rings is 1. The van der Waals surface area contributed by atoms with E-state index >= 15 is 0 Å². The van der Waals surface area contributed by atoms with Gasteiger partial charge in [-0.2, -0.15) is 0 Å². The van der Waals surface area contributed by atoms with Crippen molar-refractivity contribution in [1.29, 1.82) is 0 Å². The molecule has 138 valence electrons. The summed E-state index contributed by atoms with van der Waals surface area (Å²) >= 11 is 0. The minimum Gasteiger partial charge on any atom is -0.355 e. The first-order valence-electron chi connectivity index (χ1n) is 9.03. The van der Waals surface area contributed by atoms with Crippen molar-refractivity contribution in [2.45, 2.75) is 25.8 Å². The molecule has 1 aliphatic heterocycles. The van der Waals surface area contributed by atoms with Gasteiger partial charge in [-0.05, 0) is 56.6 Å². The van der Waals surface area contributed by atoms with Crippen molar-refractivity contribution >= 4 is 16.8 Å². The minimum absolute atomic E-state index is 0.0158. The van der Waals surface area contributed by atoms with Crippen molar-refractivity contribution < 1.29 is 4.79 Å². The van der Waals surface area contributed by atoms with Crippen molar-refractivity contribution in [3.63, 3.8) is 0 Å². The lowest BCUT2D eigenvalue weighted by Gasteiger charge is -2.18. The molecule has 0 saturated carbocycles. The molecule has 0 bridgehead atoms. The van der Waals surface area contributed by atoms with Gasteiger partial charge in [0.05, 0.1) is 28.8 Å². The van der Waals surface area contributed by atoms with E-state index in [2.05, 4.69) is 15.6 Å². The number of carbonyl (C=O) groups is 1. The predicted octanol–water partition coefficient (Wildman–Crippen LogP) is 1.87. The summed E-state index contributed by atoms with van der Waals surface area (Å²) in [5.74, 6) is 0.522. The molecule has 2 N–H and O–H groups in total. The highest BCUT2D eigenvalue weighted by molar-refractivity contribution is 5.94. The Bertz CT molecular complexity index is 1070. The zero-order valence-corrected chi connectivity index (χ0v) is 15.3. The summed E-state index contributed by atoms with van der Waals surface area (Å²) in [7, 11) is 1.59. The number of hydrogen-bond donors (Lipinski definition) is 2. The third-order valence-electron chi connectivity index (χ3n) is 4.90. The second kappa shape index (κ2) is 6.92. The van der Waals surface area contributed by atoms with Crippen molar-refractivity contribution in [1.82, 2.24) is 25.2 Å². The number of pyridine rings is 1. The summed E-state index contributed by atoms with van der Waals surface area (Å²) in [6, 6.07) is 8.79. The Morgan fingerprint density at radius 3 is 2.74 bits per heavy atom. The van der Waals surface area contributed by atoms with Crippen LogP contribution in [0.1, 0.15) is 40.8 Å². The van der Waals surface area contributed by atoms with Crippen molar-refractivity contribution in [3.05, 3.63) is 64.0 Å². The van der Waals surface area contributed by atoms with Gasteiger partial charge in [0.15, 0.2) is 0 Å². The smallest absolute Gasteiger partial charge is 0.266 e. The number of aryl methyl sites for hydroxylation is 1. The Kier molecular flexibility index (Phi) is 4.45. The second-order valence-corrected chi connectivity index (χ2v) is 6.73. The standard InChI is InChI=1S/C20H21N5O2/c1-12-10-15-17(11-23-12)24-18(16-4-3-9-22-16)25(20(15)27)14-7-5-13(6-8-14)19(26)21-2/h5-8,10-11,16,22H,3-4,9H2,1-2H3,(H,21,26)/t16-/m0/s1. The SMILES string of the molecule is CNC(=O)c1ccc(-n2c([C@@H]3CCCN3)nc3cnc(C)cc3c2=O)cc1. The molecule has 0 radical (unpaired) electrons. The van der Waals surface area contributed by atoms with Gasteiger partial charge in [0.25, 0.3) is 11.5 Å². The van der Waals surface area contributed by atoms with E-state index in [1.807, 2.05) is 6.92 Å². The Labute approximate surface area is 156 Å². The largest absolute Gasteiger partial charge is 0.355 e. The Morgan fingerprint density at radius 1 is 1.30 bits per heavy atom. The molecule has 1 amide bonds. The van der Waals surface area contributed by atoms with Crippen LogP contribution in [0.25, 0.3) is 16.6 Å². The molecule has 4 rings (SSSR count). The van der Waals surface area contributed by atoms with Crippen LogP contribution < -0.4 is 16.2 Å². The first-order valence-corrected chi connectivity index (χ1v) is 9.03. The van der Waals surface area contributed by atoms with E-state index in [1.165, 1.54) is 0 Å². The van der Waals surface area contributed by atoms with Crippen LogP contribution in [0.2, 0.25) is 0 Å². The topological polar surface area (TPSA) is 88.9 Å². The van der Waals surface area contributed by atoms with E-state index in [4.69, 9.17) is 4.98 Å². The van der Waals surface area contributed by atoms with Gasteiger partial charge in [-0.3, -0.25) is 19.1 Å². The zero-order chi connectivity index (χ0) is 19.0. The molecule has 1 atom stereocenters. The van der Waals surface area contributed by atoms with Gasteiger partial charge in [0, 0.05) is 18.3 Å². The number of hydrogen-bond acceptors (Lipinski definition) is 5. The highest BCUT2D eigenvalue weighted by Gasteiger charge is 2.24. The Hall–Kier alpha value is -3.06. The van der Waals surface area contributed by atoms with Gasteiger partial charge >= 0.3 is 0 Å². The van der Waals surface area contributed by atoms with Crippen LogP contribution in [0.15, 0.2) is 41.3 Å². The second-order valence-electron chi connectivity index (χ2n) is 6.73. The molecule has 7 heteroatoms. The molecule has 1 saturated heterocycles. The van der Waals surface area contributed by atoms with Crippen molar-refractivity contribution in [3.8, 4) is 5.69 Å². The van der Waals surface area contributed by atoms with Crippen LogP contribution in [-0.2, 0) is 0 Å². The third kappa shape index (κ3) is 3.10. The maximum atomic E-state index is 13.3. The fourth-order valence-corrected chi connectivity index (χ4v) is 3.51. The molecule has 1 aliphatic rings. The molecule has 0 aliphatic carbocycles. The van der Waals surface area contributed by atoms with E-state index in [9.17, 15) is 9.59 Å². The molecular weight excluding hydrogens is 342 g/mol. The molecular formula is C20H21N5O2. The normalized spacial score (nSPS) is 16.6. The molecule has 27 heavy (non-hydrogen) atoms. The van der Waals surface area contributed by atoms with Crippen LogP contribution in [-0.4, -0.2) is 34.0 Å². The molecule has 1 aromatic carbocycles. The fraction of sp³-hybridized carbons (Fsp3) is 0.300. The summed E-state index contributed by atoms with van der Waals surface area (Å²) in [4.78, 5) is 34.2. The average molecular weight is 363 g/mol. The molecule has 3 aromatic rings. The minimum atomic E-state index is -0.162. The number of rotatable bonds is 3. The van der Waals surface area contributed by atoms with E-state index in [0.717, 1.165) is 25.1 Å². The third-order valence-corrected chi connectivity index (χ3v) is 4.90. The molecule has 1 fully saturated rings. The molecule has 0 spiro atoms. The lowest BCUT2D eigenvalue weighted by Crippen LogP contribution is -2.29. The first kappa shape index (κ1) is 17.4. The van der Waals surface area contributed by atoms with Crippen LogP contribution >= 0.6 is 0 Å². The van der Waals surface area contributed by atoms with Gasteiger partial charge in [-0.25, -0.2) is 4.98 Å². The van der Waals surface area contributed by atoms with E-state index in [-0.39, 0.29) is 17.5 Å². The first-order chi connectivity index (χ1) is 13.1. The van der Waals surface area contributed by atoms with Crippen molar-refractivity contribution in [2.24, 2.45) is 0 Å². The Morgan fingerprint density at radius 2 is 2.07 bits per heavy atom. The van der Waals surface area contributed by atoms with E-state index in [1.54, 1.807) is 48.1 Å². The molecule has 0 unspecified atom stereocenters. The summed E-state index contributed by atoms with van der Waals surface area (Å²) in [5, 5.41) is 6.56. The van der Waals surface area contributed by atoms with Crippen molar-refractivity contribution in [2.75, 3.05) is 13.6 Å². The van der Waals surface area contributed by atoms with Crippen LogP contribution in [0.4, 0.5) is 0 Å². The molecule has 7 nitrogen and oxygen atoms in total. The fourth-order valence-electron chi connectivity index (χ4n) is 3.51. The van der Waals surface area contributed by atoms with Gasteiger partial charge < -0.3 is 10.6 Å². The van der Waals surface area contributed by atoms with E-state index in [0.29, 0.717) is 28.0 Å². The zero-order valence-electron chi connectivity index (χ0n) is 15.3. The van der Waals surface area contributed by atoms with Gasteiger partial charge in [0.2, 0.25) is 0 Å². The monoisotopic (exact) mass is 363 g/mol. The van der Waals surface area contributed by atoms with Crippen LogP contribution in [0, 0.1) is 6.92 Å². The van der Waals surface area contributed by atoms with Gasteiger partial charge in [-0.15, -0.1) is 0 Å². The highest BCUT2D eigenvalue weighted by atomic mass is 16.1. The maximum Gasteiger partial charge on any atom is 0.266 e. The number of aromatic nitrogens is 3. The Balaban J connectivity index is 1.94.